The predicted molar refractivity (Wildman–Crippen MR) is 107 cm³/mol. The Balaban J connectivity index is 0.00000131. The van der Waals surface area contributed by atoms with Gasteiger partial charge < -0.3 is 24.8 Å². The number of hydrogen-bond donors (Lipinski definition) is 0. The molecule has 0 heterocycles. The third-order valence-corrected chi connectivity index (χ3v) is 11.1. The van der Waals surface area contributed by atoms with E-state index in [9.17, 15) is 0 Å². The molecule has 0 nitrogen and oxygen atoms in total. The number of rotatable bonds is 2. The van der Waals surface area contributed by atoms with Crippen molar-refractivity contribution in [1.82, 2.24) is 0 Å². The number of halogens is 2. The number of hydrogen-bond acceptors (Lipinski definition) is 0. The number of benzene rings is 1. The van der Waals surface area contributed by atoms with Crippen LogP contribution in [0.5, 0.6) is 0 Å². The molecule has 1 atom stereocenters. The fraction of sp³-hybridized carbons (Fsp3) is 0.304. The first-order valence-electron chi connectivity index (χ1n) is 9.12. The van der Waals surface area contributed by atoms with Gasteiger partial charge in [0.25, 0.3) is 0 Å². The minimum absolute atomic E-state index is 0. The van der Waals surface area contributed by atoms with Gasteiger partial charge in [-0.1, -0.05) is 0 Å². The van der Waals surface area contributed by atoms with Crippen molar-refractivity contribution in [2.45, 2.75) is 44.9 Å². The molecule has 0 spiro atoms. The molecule has 0 saturated heterocycles. The van der Waals surface area contributed by atoms with Crippen LogP contribution in [0.15, 0.2) is 65.3 Å². The molecule has 1 aromatic rings. The molecule has 0 amide bonds. The summed E-state index contributed by atoms with van der Waals surface area (Å²) in [4.78, 5) is 0. The molecule has 3 aliphatic carbocycles. The molecule has 0 aliphatic heterocycles. The number of allylic oxidation sites excluding steroid dienone is 8. The maximum atomic E-state index is 2.53. The standard InChI is InChI=1S/C23H25Si.2ClH.Zr/c1-16-10-11-19-18(14-16)15-21-20(19)12-13-23(2,24(3,4)5)22(21)17-8-6-7-9-17;;;/h6-8,10-14H,9H2,1-5H3;2*1H;/q;;;+2/p-2. The monoisotopic (exact) mass is 489 g/mol. The Kier molecular flexibility index (Phi) is 6.60. The van der Waals surface area contributed by atoms with E-state index in [0.29, 0.717) is 0 Å². The second-order valence-electron chi connectivity index (χ2n) is 8.70. The summed E-state index contributed by atoms with van der Waals surface area (Å²) in [7, 11) is -1.44. The summed E-state index contributed by atoms with van der Waals surface area (Å²) >= 11 is 1.53. The third-order valence-electron chi connectivity index (χ3n) is 6.26. The second kappa shape index (κ2) is 7.79. The zero-order valence-electron chi connectivity index (χ0n) is 16.6. The van der Waals surface area contributed by atoms with Crippen LogP contribution in [0.4, 0.5) is 0 Å². The first kappa shape index (κ1) is 22.9. The van der Waals surface area contributed by atoms with Gasteiger partial charge in [0, 0.05) is 0 Å². The average molecular weight is 492 g/mol. The summed E-state index contributed by atoms with van der Waals surface area (Å²) in [6, 6.07) is 6.97. The normalized spacial score (nSPS) is 23.0. The molecule has 0 saturated carbocycles. The Hall–Kier alpha value is -0.400. The Morgan fingerprint density at radius 1 is 1.07 bits per heavy atom. The van der Waals surface area contributed by atoms with Gasteiger partial charge in [-0.05, 0) is 0 Å². The van der Waals surface area contributed by atoms with E-state index in [0.717, 1.165) is 6.42 Å². The first-order chi connectivity index (χ1) is 11.7. The second-order valence-corrected chi connectivity index (χ2v) is 15.5. The molecule has 0 N–H and O–H groups in total. The van der Waals surface area contributed by atoms with Gasteiger partial charge >= 0.3 is 168 Å². The van der Waals surface area contributed by atoms with Crippen LogP contribution in [0.1, 0.15) is 18.9 Å². The summed E-state index contributed by atoms with van der Waals surface area (Å²) in [5.74, 6) is 0. The van der Waals surface area contributed by atoms with Crippen molar-refractivity contribution < 1.29 is 49.5 Å². The van der Waals surface area contributed by atoms with Crippen LogP contribution in [-0.4, -0.2) is 8.07 Å². The van der Waals surface area contributed by atoms with Gasteiger partial charge in [0.15, 0.2) is 0 Å². The first-order valence-corrected chi connectivity index (χ1v) is 13.8. The van der Waals surface area contributed by atoms with Crippen LogP contribution in [0.25, 0.3) is 8.85 Å². The Labute approximate surface area is 191 Å². The van der Waals surface area contributed by atoms with E-state index in [1.165, 1.54) is 51.9 Å². The van der Waals surface area contributed by atoms with E-state index < -0.39 is 8.07 Å². The van der Waals surface area contributed by atoms with Gasteiger partial charge in [-0.2, -0.15) is 0 Å². The molecule has 0 aromatic heterocycles. The summed E-state index contributed by atoms with van der Waals surface area (Å²) in [6.07, 6.45) is 12.9. The van der Waals surface area contributed by atoms with E-state index in [1.807, 2.05) is 0 Å². The molecule has 27 heavy (non-hydrogen) atoms. The molecule has 4 rings (SSSR count). The third kappa shape index (κ3) is 3.42. The van der Waals surface area contributed by atoms with Crippen LogP contribution in [0.3, 0.4) is 0 Å². The molecule has 0 radical (unpaired) electrons. The van der Waals surface area contributed by atoms with Gasteiger partial charge in [0.2, 0.25) is 0 Å². The van der Waals surface area contributed by atoms with Gasteiger partial charge in [-0.15, -0.1) is 0 Å². The Bertz CT molecular complexity index is 1040. The van der Waals surface area contributed by atoms with Crippen molar-refractivity contribution in [3.63, 3.8) is 0 Å². The predicted octanol–water partition coefficient (Wildman–Crippen LogP) is -1.33. The smallest absolute Gasteiger partial charge is 1.00 e. The van der Waals surface area contributed by atoms with Crippen molar-refractivity contribution in [2.75, 3.05) is 0 Å². The van der Waals surface area contributed by atoms with E-state index >= 15 is 0 Å². The Morgan fingerprint density at radius 3 is 2.37 bits per heavy atom. The minimum atomic E-state index is -1.44. The number of fused-ring (bicyclic) bond motifs is 2. The molecule has 3 aliphatic rings. The molecule has 4 heteroatoms. The van der Waals surface area contributed by atoms with Crippen LogP contribution in [0.2, 0.25) is 24.7 Å². The van der Waals surface area contributed by atoms with Crippen LogP contribution in [-0.2, 0) is 24.7 Å². The topological polar surface area (TPSA) is 0 Å². The molecule has 1 unspecified atom stereocenters. The molecular weight excluding hydrogens is 466 g/mol. The molecular formula is C23H25Cl2SiZr. The fourth-order valence-electron chi connectivity index (χ4n) is 4.28. The molecule has 0 fully saturated rings. The van der Waals surface area contributed by atoms with Crippen molar-refractivity contribution in [3.05, 3.63) is 81.3 Å². The summed E-state index contributed by atoms with van der Waals surface area (Å²) in [6.45, 7) is 12.2. The largest absolute Gasteiger partial charge is 1.00 e. The average Bonchev–Trinajstić information content (AvgIpc) is 3.15. The fourth-order valence-corrected chi connectivity index (χ4v) is 7.05. The van der Waals surface area contributed by atoms with E-state index in [1.54, 1.807) is 14.4 Å². The minimum Gasteiger partial charge on any atom is -1.00 e. The van der Waals surface area contributed by atoms with Crippen LogP contribution in [0, 0.1) is 6.92 Å². The number of aryl methyl sites for hydroxylation is 1. The molecule has 139 valence electrons. The van der Waals surface area contributed by atoms with Gasteiger partial charge in [0.05, 0.1) is 0 Å². The van der Waals surface area contributed by atoms with Crippen molar-refractivity contribution in [3.8, 4) is 0 Å². The summed E-state index contributed by atoms with van der Waals surface area (Å²) in [5.41, 5.74) is 7.53. The maximum absolute atomic E-state index is 2.53. The van der Waals surface area contributed by atoms with Crippen LogP contribution >= 0.6 is 0 Å². The van der Waals surface area contributed by atoms with Gasteiger partial charge in [-0.25, -0.2) is 0 Å². The summed E-state index contributed by atoms with van der Waals surface area (Å²) in [5, 5.41) is 3.09. The maximum Gasteiger partial charge on any atom is -1.00 e. The van der Waals surface area contributed by atoms with E-state index in [-0.39, 0.29) is 29.9 Å². The zero-order chi connectivity index (χ0) is 18.0. The van der Waals surface area contributed by atoms with Gasteiger partial charge in [-0.3, -0.25) is 0 Å². The van der Waals surface area contributed by atoms with E-state index in [4.69, 9.17) is 0 Å². The van der Waals surface area contributed by atoms with Crippen LogP contribution < -0.4 is 35.3 Å². The van der Waals surface area contributed by atoms with Crippen molar-refractivity contribution in [2.24, 2.45) is 0 Å². The van der Waals surface area contributed by atoms with Crippen molar-refractivity contribution >= 4 is 16.9 Å². The SMILES string of the molecule is Cc1ccc2c(c1)=[C]([Zr+2])C1=C(C3=CC=CC3)C(C)([Si](C)(C)C)C=CC=21.[Cl-].[Cl-]. The van der Waals surface area contributed by atoms with E-state index in [2.05, 4.69) is 82.1 Å². The van der Waals surface area contributed by atoms with Gasteiger partial charge in [0.1, 0.15) is 0 Å². The Morgan fingerprint density at radius 2 is 1.78 bits per heavy atom. The zero-order valence-corrected chi connectivity index (χ0v) is 21.6. The molecule has 1 aromatic carbocycles. The summed E-state index contributed by atoms with van der Waals surface area (Å²) < 4.78 is 1.55. The molecule has 0 bridgehead atoms. The van der Waals surface area contributed by atoms with Crippen molar-refractivity contribution in [1.29, 1.82) is 0 Å². The quantitative estimate of drug-likeness (QED) is 0.450.